The number of benzene rings is 1. The first kappa shape index (κ1) is 12.6. The monoisotopic (exact) mass is 374 g/mol. The summed E-state index contributed by atoms with van der Waals surface area (Å²) in [6.45, 7) is 3.07. The van der Waals surface area contributed by atoms with Crippen molar-refractivity contribution >= 4 is 45.8 Å². The molecule has 5 heteroatoms. The number of fused-ring (bicyclic) bond motifs is 1. The standard InChI is InChI=1S/C13H15IN2OS/c1-8(12-3-2-6-17-12)16-11-5-4-9(14)7-10(11)15-13(16)18/h4-5,7-8,12H,2-3,6H2,1H3,(H,15,18). The molecule has 96 valence electrons. The van der Waals surface area contributed by atoms with Crippen molar-refractivity contribution in [2.24, 2.45) is 0 Å². The van der Waals surface area contributed by atoms with Crippen LogP contribution < -0.4 is 0 Å². The van der Waals surface area contributed by atoms with Gasteiger partial charge >= 0.3 is 0 Å². The van der Waals surface area contributed by atoms with Crippen LogP contribution in [0.4, 0.5) is 0 Å². The molecule has 1 aliphatic heterocycles. The number of nitrogens with one attached hydrogen (secondary N) is 1. The second-order valence-electron chi connectivity index (χ2n) is 4.75. The minimum atomic E-state index is 0.286. The van der Waals surface area contributed by atoms with Gasteiger partial charge < -0.3 is 14.3 Å². The van der Waals surface area contributed by atoms with Crippen molar-refractivity contribution in [3.05, 3.63) is 26.5 Å². The molecule has 0 bridgehead atoms. The molecule has 1 fully saturated rings. The topological polar surface area (TPSA) is 29.9 Å². The fraction of sp³-hybridized carbons (Fsp3) is 0.462. The summed E-state index contributed by atoms with van der Waals surface area (Å²) in [5, 5.41) is 0. The molecule has 0 aliphatic carbocycles. The van der Waals surface area contributed by atoms with Crippen LogP contribution in [0.15, 0.2) is 18.2 Å². The van der Waals surface area contributed by atoms with Crippen molar-refractivity contribution in [3.63, 3.8) is 0 Å². The molecule has 1 aromatic carbocycles. The van der Waals surface area contributed by atoms with Crippen LogP contribution in [0.3, 0.4) is 0 Å². The number of aromatic amines is 1. The largest absolute Gasteiger partial charge is 0.376 e. The van der Waals surface area contributed by atoms with Crippen LogP contribution >= 0.6 is 34.8 Å². The van der Waals surface area contributed by atoms with Gasteiger partial charge in [-0.15, -0.1) is 0 Å². The van der Waals surface area contributed by atoms with E-state index in [1.807, 2.05) is 0 Å². The molecule has 1 aliphatic rings. The van der Waals surface area contributed by atoms with Crippen LogP contribution in [0.5, 0.6) is 0 Å². The SMILES string of the molecule is CC(C1CCCO1)n1c(=S)[nH]c2cc(I)ccc21. The molecule has 2 heterocycles. The van der Waals surface area contributed by atoms with Crippen LogP contribution in [-0.2, 0) is 4.74 Å². The Balaban J connectivity index is 2.10. The van der Waals surface area contributed by atoms with Gasteiger partial charge in [0, 0.05) is 10.2 Å². The van der Waals surface area contributed by atoms with Crippen LogP contribution in [0.1, 0.15) is 25.8 Å². The highest BCUT2D eigenvalue weighted by molar-refractivity contribution is 14.1. The van der Waals surface area contributed by atoms with Gasteiger partial charge in [-0.05, 0) is 72.8 Å². The van der Waals surface area contributed by atoms with E-state index in [0.717, 1.165) is 29.7 Å². The summed E-state index contributed by atoms with van der Waals surface area (Å²) in [6, 6.07) is 6.66. The van der Waals surface area contributed by atoms with E-state index in [-0.39, 0.29) is 12.1 Å². The van der Waals surface area contributed by atoms with Crippen LogP contribution in [-0.4, -0.2) is 22.3 Å². The molecule has 0 radical (unpaired) electrons. The quantitative estimate of drug-likeness (QED) is 0.635. The summed E-state index contributed by atoms with van der Waals surface area (Å²) < 4.78 is 9.98. The molecule has 2 unspecified atom stereocenters. The molecule has 1 aromatic heterocycles. The maximum Gasteiger partial charge on any atom is 0.178 e. The summed E-state index contributed by atoms with van der Waals surface area (Å²) in [4.78, 5) is 3.29. The number of imidazole rings is 1. The van der Waals surface area contributed by atoms with Gasteiger partial charge in [0.05, 0.1) is 23.2 Å². The van der Waals surface area contributed by atoms with E-state index in [1.54, 1.807) is 0 Å². The van der Waals surface area contributed by atoms with Crippen molar-refractivity contribution in [1.29, 1.82) is 0 Å². The van der Waals surface area contributed by atoms with Gasteiger partial charge in [-0.1, -0.05) is 0 Å². The zero-order valence-electron chi connectivity index (χ0n) is 10.1. The van der Waals surface area contributed by atoms with Gasteiger partial charge in [0.1, 0.15) is 0 Å². The summed E-state index contributed by atoms with van der Waals surface area (Å²) in [5.41, 5.74) is 2.28. The number of halogens is 1. The molecule has 3 rings (SSSR count). The second-order valence-corrected chi connectivity index (χ2v) is 6.39. The highest BCUT2D eigenvalue weighted by atomic mass is 127. The number of H-pyrrole nitrogens is 1. The normalized spacial score (nSPS) is 21.6. The predicted octanol–water partition coefficient (Wildman–Crippen LogP) is 4.04. The van der Waals surface area contributed by atoms with Crippen molar-refractivity contribution in [2.75, 3.05) is 6.61 Å². The fourth-order valence-corrected chi connectivity index (χ4v) is 3.52. The Bertz CT molecular complexity index is 627. The van der Waals surface area contributed by atoms with Crippen molar-refractivity contribution in [3.8, 4) is 0 Å². The maximum absolute atomic E-state index is 5.78. The molecule has 18 heavy (non-hydrogen) atoms. The van der Waals surface area contributed by atoms with E-state index in [2.05, 4.69) is 57.3 Å². The number of aromatic nitrogens is 2. The zero-order chi connectivity index (χ0) is 12.7. The molecule has 1 N–H and O–H groups in total. The van der Waals surface area contributed by atoms with Crippen molar-refractivity contribution in [1.82, 2.24) is 9.55 Å². The lowest BCUT2D eigenvalue weighted by Gasteiger charge is -2.20. The number of nitrogens with zero attached hydrogens (tertiary/aromatic N) is 1. The average Bonchev–Trinajstić information content (AvgIpc) is 2.94. The van der Waals surface area contributed by atoms with Gasteiger partial charge in [-0.25, -0.2) is 0 Å². The highest BCUT2D eigenvalue weighted by Crippen LogP contribution is 2.28. The Labute approximate surface area is 125 Å². The van der Waals surface area contributed by atoms with Crippen LogP contribution in [0, 0.1) is 8.34 Å². The van der Waals surface area contributed by atoms with Gasteiger partial charge in [0.15, 0.2) is 4.77 Å². The van der Waals surface area contributed by atoms with E-state index in [1.165, 1.54) is 9.09 Å². The molecule has 0 amide bonds. The lowest BCUT2D eigenvalue weighted by atomic mass is 10.1. The Kier molecular flexibility index (Phi) is 3.46. The first-order chi connectivity index (χ1) is 8.66. The molecule has 0 saturated carbocycles. The minimum Gasteiger partial charge on any atom is -0.376 e. The zero-order valence-corrected chi connectivity index (χ0v) is 13.1. The number of ether oxygens (including phenoxy) is 1. The molecular formula is C13H15IN2OS. The van der Waals surface area contributed by atoms with E-state index in [9.17, 15) is 0 Å². The number of hydrogen-bond acceptors (Lipinski definition) is 2. The first-order valence-corrected chi connectivity index (χ1v) is 7.67. The summed E-state index contributed by atoms with van der Waals surface area (Å²) in [6.07, 6.45) is 2.57. The smallest absolute Gasteiger partial charge is 0.178 e. The molecule has 1 saturated heterocycles. The third kappa shape index (κ3) is 2.12. The Hall–Kier alpha value is -0.400. The van der Waals surface area contributed by atoms with E-state index >= 15 is 0 Å². The summed E-state index contributed by atoms with van der Waals surface area (Å²) >= 11 is 7.77. The van der Waals surface area contributed by atoms with Crippen LogP contribution in [0.2, 0.25) is 0 Å². The van der Waals surface area contributed by atoms with Gasteiger partial charge in [-0.2, -0.15) is 0 Å². The van der Waals surface area contributed by atoms with Gasteiger partial charge in [-0.3, -0.25) is 0 Å². The molecule has 0 spiro atoms. The van der Waals surface area contributed by atoms with Crippen LogP contribution in [0.25, 0.3) is 11.0 Å². The van der Waals surface area contributed by atoms with Crippen molar-refractivity contribution < 1.29 is 4.74 Å². The van der Waals surface area contributed by atoms with Crippen molar-refractivity contribution in [2.45, 2.75) is 31.9 Å². The lowest BCUT2D eigenvalue weighted by Crippen LogP contribution is -2.20. The molecular weight excluding hydrogens is 359 g/mol. The third-order valence-corrected chi connectivity index (χ3v) is 4.56. The highest BCUT2D eigenvalue weighted by Gasteiger charge is 2.25. The fourth-order valence-electron chi connectivity index (χ4n) is 2.66. The Morgan fingerprint density at radius 3 is 3.11 bits per heavy atom. The second kappa shape index (κ2) is 4.94. The first-order valence-electron chi connectivity index (χ1n) is 6.18. The van der Waals surface area contributed by atoms with Gasteiger partial charge in [0.2, 0.25) is 0 Å². The Morgan fingerprint density at radius 2 is 2.39 bits per heavy atom. The number of rotatable bonds is 2. The summed E-state index contributed by atoms with van der Waals surface area (Å²) in [5.74, 6) is 0. The Morgan fingerprint density at radius 1 is 1.56 bits per heavy atom. The van der Waals surface area contributed by atoms with E-state index in [0.29, 0.717) is 0 Å². The average molecular weight is 374 g/mol. The molecule has 2 atom stereocenters. The lowest BCUT2D eigenvalue weighted by molar-refractivity contribution is 0.0741. The molecule has 2 aromatic rings. The third-order valence-electron chi connectivity index (χ3n) is 3.59. The summed E-state index contributed by atoms with van der Waals surface area (Å²) in [7, 11) is 0. The maximum atomic E-state index is 5.78. The minimum absolute atomic E-state index is 0.286. The van der Waals surface area contributed by atoms with E-state index in [4.69, 9.17) is 17.0 Å². The van der Waals surface area contributed by atoms with Gasteiger partial charge in [0.25, 0.3) is 0 Å². The predicted molar refractivity (Wildman–Crippen MR) is 83.5 cm³/mol. The van der Waals surface area contributed by atoms with E-state index < -0.39 is 0 Å². The molecule has 3 nitrogen and oxygen atoms in total. The number of hydrogen-bond donors (Lipinski definition) is 1.